The first-order valence-electron chi connectivity index (χ1n) is 11.4. The molecular weight excluding hydrogens is 458 g/mol. The van der Waals surface area contributed by atoms with Crippen molar-refractivity contribution in [1.82, 2.24) is 20.2 Å². The zero-order valence-electron chi connectivity index (χ0n) is 18.9. The number of H-pyrrole nitrogens is 1. The highest BCUT2D eigenvalue weighted by molar-refractivity contribution is 7.08. The topological polar surface area (TPSA) is 90.0 Å². The molecule has 3 aromatic heterocycles. The maximum atomic E-state index is 12.4. The molecule has 2 N–H and O–H groups in total. The van der Waals surface area contributed by atoms with E-state index in [1.807, 2.05) is 53.5 Å². The Kier molecular flexibility index (Phi) is 5.59. The molecule has 0 bridgehead atoms. The zero-order chi connectivity index (χ0) is 23.6. The Hall–Kier alpha value is -4.24. The summed E-state index contributed by atoms with van der Waals surface area (Å²) in [5, 5.41) is 14.7. The van der Waals surface area contributed by atoms with Crippen LogP contribution in [0.2, 0.25) is 0 Å². The van der Waals surface area contributed by atoms with E-state index in [1.165, 1.54) is 11.3 Å². The number of carbonyl (C=O) groups is 1. The van der Waals surface area contributed by atoms with Crippen LogP contribution in [0.3, 0.4) is 0 Å². The summed E-state index contributed by atoms with van der Waals surface area (Å²) in [6.07, 6.45) is 5.35. The summed E-state index contributed by atoms with van der Waals surface area (Å²) in [6, 6.07) is 16.1. The molecule has 8 nitrogen and oxygen atoms in total. The minimum Gasteiger partial charge on any atom is -0.368 e. The van der Waals surface area contributed by atoms with Gasteiger partial charge in [-0.05, 0) is 47.3 Å². The number of hydrogen-bond acceptors (Lipinski definition) is 7. The maximum absolute atomic E-state index is 12.4. The molecule has 9 heteroatoms. The lowest BCUT2D eigenvalue weighted by molar-refractivity contribution is 0.102. The summed E-state index contributed by atoms with van der Waals surface area (Å²) in [5.41, 5.74) is 5.64. The summed E-state index contributed by atoms with van der Waals surface area (Å²) < 4.78 is 0. The molecule has 1 saturated heterocycles. The van der Waals surface area contributed by atoms with Crippen LogP contribution in [0.25, 0.3) is 22.0 Å². The molecule has 1 aliphatic heterocycles. The number of aromatic nitrogens is 4. The van der Waals surface area contributed by atoms with E-state index in [0.29, 0.717) is 5.56 Å². The molecule has 2 aromatic carbocycles. The number of thiophene rings is 1. The minimum atomic E-state index is -0.0846. The third-order valence-corrected chi connectivity index (χ3v) is 6.96. The smallest absolute Gasteiger partial charge is 0.256 e. The molecule has 5 aromatic rings. The lowest BCUT2D eigenvalue weighted by atomic mass is 10.1. The van der Waals surface area contributed by atoms with Crippen LogP contribution in [0.4, 0.5) is 17.2 Å². The van der Waals surface area contributed by atoms with Gasteiger partial charge in [-0.15, -0.1) is 0 Å². The molecule has 0 spiro atoms. The Morgan fingerprint density at radius 3 is 2.66 bits per heavy atom. The molecule has 0 atom stereocenters. The predicted octanol–water partition coefficient (Wildman–Crippen LogP) is 4.66. The van der Waals surface area contributed by atoms with Crippen LogP contribution >= 0.6 is 11.3 Å². The molecule has 4 heterocycles. The second-order valence-electron chi connectivity index (χ2n) is 8.41. The summed E-state index contributed by atoms with van der Waals surface area (Å²) in [7, 11) is 0. The van der Waals surface area contributed by atoms with Crippen LogP contribution in [-0.2, 0) is 0 Å². The average molecular weight is 482 g/mol. The Morgan fingerprint density at radius 2 is 1.86 bits per heavy atom. The van der Waals surface area contributed by atoms with Crippen molar-refractivity contribution in [3.63, 3.8) is 0 Å². The first-order valence-corrected chi connectivity index (χ1v) is 12.4. The van der Waals surface area contributed by atoms with Crippen molar-refractivity contribution >= 4 is 45.3 Å². The maximum Gasteiger partial charge on any atom is 0.256 e. The summed E-state index contributed by atoms with van der Waals surface area (Å²) in [6.45, 7) is 3.39. The third kappa shape index (κ3) is 4.33. The quantitative estimate of drug-likeness (QED) is 0.380. The van der Waals surface area contributed by atoms with Crippen molar-refractivity contribution in [2.75, 3.05) is 41.3 Å². The lowest BCUT2D eigenvalue weighted by Gasteiger charge is -2.37. The fourth-order valence-electron chi connectivity index (χ4n) is 4.44. The van der Waals surface area contributed by atoms with E-state index in [4.69, 9.17) is 0 Å². The predicted molar refractivity (Wildman–Crippen MR) is 140 cm³/mol. The molecule has 35 heavy (non-hydrogen) atoms. The first kappa shape index (κ1) is 21.3. The van der Waals surface area contributed by atoms with Gasteiger partial charge in [0.25, 0.3) is 5.91 Å². The number of rotatable bonds is 5. The largest absolute Gasteiger partial charge is 0.368 e. The summed E-state index contributed by atoms with van der Waals surface area (Å²) in [4.78, 5) is 26.2. The van der Waals surface area contributed by atoms with E-state index in [2.05, 4.69) is 53.5 Å². The van der Waals surface area contributed by atoms with Crippen molar-refractivity contribution in [2.24, 2.45) is 0 Å². The van der Waals surface area contributed by atoms with Crippen LogP contribution in [-0.4, -0.2) is 52.3 Å². The number of amides is 1. The normalized spacial score (nSPS) is 13.8. The summed E-state index contributed by atoms with van der Waals surface area (Å²) >= 11 is 1.52. The van der Waals surface area contributed by atoms with Crippen LogP contribution < -0.4 is 15.1 Å². The average Bonchev–Trinajstić information content (AvgIpc) is 3.64. The highest BCUT2D eigenvalue weighted by Crippen LogP contribution is 2.30. The van der Waals surface area contributed by atoms with Crippen LogP contribution in [0.1, 0.15) is 10.4 Å². The number of fused-ring (bicyclic) bond motifs is 1. The van der Waals surface area contributed by atoms with Gasteiger partial charge in [-0.2, -0.15) is 16.4 Å². The van der Waals surface area contributed by atoms with Crippen molar-refractivity contribution in [1.29, 1.82) is 0 Å². The van der Waals surface area contributed by atoms with Crippen molar-refractivity contribution in [3.8, 4) is 11.1 Å². The van der Waals surface area contributed by atoms with Crippen LogP contribution in [0.5, 0.6) is 0 Å². The molecule has 1 amide bonds. The van der Waals surface area contributed by atoms with Crippen LogP contribution in [0, 0.1) is 0 Å². The Labute approximate surface area is 206 Å². The zero-order valence-corrected chi connectivity index (χ0v) is 19.7. The van der Waals surface area contributed by atoms with Gasteiger partial charge in [0.2, 0.25) is 0 Å². The third-order valence-electron chi connectivity index (χ3n) is 6.28. The van der Waals surface area contributed by atoms with Gasteiger partial charge < -0.3 is 15.1 Å². The first-order chi connectivity index (χ1) is 17.2. The van der Waals surface area contributed by atoms with Crippen molar-refractivity contribution in [2.45, 2.75) is 0 Å². The Morgan fingerprint density at radius 1 is 0.971 bits per heavy atom. The van der Waals surface area contributed by atoms with E-state index in [1.54, 1.807) is 6.33 Å². The van der Waals surface area contributed by atoms with Crippen molar-refractivity contribution in [3.05, 3.63) is 83.6 Å². The molecule has 174 valence electrons. The lowest BCUT2D eigenvalue weighted by Crippen LogP contribution is -2.47. The fourth-order valence-corrected chi connectivity index (χ4v) is 5.07. The second kappa shape index (κ2) is 9.19. The standard InChI is InChI=1S/C26H23N7OS/c34-26(19-6-11-35-16-19)31-21-2-1-3-22(13-21)32-7-9-33(10-8-32)25-23-12-18(20-14-29-30-15-20)4-5-24(23)27-17-28-25/h1-6,11-17H,7-10H2,(H,29,30)(H,31,34). The molecule has 1 aliphatic rings. The highest BCUT2D eigenvalue weighted by atomic mass is 32.1. The van der Waals surface area contributed by atoms with Gasteiger partial charge in [-0.3, -0.25) is 9.89 Å². The summed E-state index contributed by atoms with van der Waals surface area (Å²) in [5.74, 6) is 0.871. The van der Waals surface area contributed by atoms with Crippen molar-refractivity contribution < 1.29 is 4.79 Å². The number of nitrogens with one attached hydrogen (secondary N) is 2. The van der Waals surface area contributed by atoms with Gasteiger partial charge in [0, 0.05) is 60.1 Å². The number of benzene rings is 2. The van der Waals surface area contributed by atoms with Gasteiger partial charge in [0.15, 0.2) is 0 Å². The Bertz CT molecular complexity index is 1460. The molecule has 6 rings (SSSR count). The van der Waals surface area contributed by atoms with E-state index < -0.39 is 0 Å². The van der Waals surface area contributed by atoms with Gasteiger partial charge in [-0.1, -0.05) is 12.1 Å². The van der Waals surface area contributed by atoms with E-state index in [0.717, 1.165) is 65.4 Å². The molecule has 1 fully saturated rings. The number of aromatic amines is 1. The number of piperazine rings is 1. The molecule has 0 radical (unpaired) electrons. The molecule has 0 aliphatic carbocycles. The highest BCUT2D eigenvalue weighted by Gasteiger charge is 2.21. The number of carbonyl (C=O) groups excluding carboxylic acids is 1. The second-order valence-corrected chi connectivity index (χ2v) is 9.19. The Balaban J connectivity index is 1.18. The minimum absolute atomic E-state index is 0.0846. The monoisotopic (exact) mass is 481 g/mol. The fraction of sp³-hybridized carbons (Fsp3) is 0.154. The van der Waals surface area contributed by atoms with Crippen LogP contribution in [0.15, 0.2) is 78.0 Å². The number of hydrogen-bond donors (Lipinski definition) is 2. The number of anilines is 3. The van der Waals surface area contributed by atoms with Gasteiger partial charge in [-0.25, -0.2) is 9.97 Å². The van der Waals surface area contributed by atoms with Gasteiger partial charge in [0.1, 0.15) is 12.1 Å². The molecule has 0 unspecified atom stereocenters. The SMILES string of the molecule is O=C(Nc1cccc(N2CCN(c3ncnc4ccc(-c5cn[nH]c5)cc34)CC2)c1)c1ccsc1. The molecule has 0 saturated carbocycles. The van der Waals surface area contributed by atoms with E-state index in [-0.39, 0.29) is 5.91 Å². The number of nitrogens with zero attached hydrogens (tertiary/aromatic N) is 5. The van der Waals surface area contributed by atoms with Gasteiger partial charge >= 0.3 is 0 Å². The molecular formula is C26H23N7OS. The van der Waals surface area contributed by atoms with E-state index in [9.17, 15) is 4.79 Å². The van der Waals surface area contributed by atoms with Gasteiger partial charge in [0.05, 0.1) is 17.3 Å². The van der Waals surface area contributed by atoms with E-state index >= 15 is 0 Å².